The van der Waals surface area contributed by atoms with Gasteiger partial charge in [0.15, 0.2) is 0 Å². The van der Waals surface area contributed by atoms with Crippen LogP contribution in [-0.2, 0) is 12.8 Å². The van der Waals surface area contributed by atoms with Crippen LogP contribution in [0.15, 0.2) is 30.8 Å². The first kappa shape index (κ1) is 24.0. The Bertz CT molecular complexity index is 836. The van der Waals surface area contributed by atoms with Gasteiger partial charge in [0.25, 0.3) is 11.1 Å². The van der Waals surface area contributed by atoms with E-state index in [-0.39, 0.29) is 21.9 Å². The van der Waals surface area contributed by atoms with Crippen LogP contribution in [0.4, 0.5) is 0 Å². The molecule has 0 bridgehead atoms. The van der Waals surface area contributed by atoms with Crippen LogP contribution in [-0.4, -0.2) is 33.3 Å². The van der Waals surface area contributed by atoms with E-state index in [1.807, 2.05) is 23.5 Å². The molecular formula is C21H34N2O4S2. The van der Waals surface area contributed by atoms with Gasteiger partial charge in [0.1, 0.15) is 11.5 Å². The summed E-state index contributed by atoms with van der Waals surface area (Å²) in [4.78, 5) is 22.4. The molecule has 8 heteroatoms. The van der Waals surface area contributed by atoms with Crippen molar-refractivity contribution in [3.63, 3.8) is 0 Å². The molecule has 0 saturated carbocycles. The molecule has 0 aliphatic carbocycles. The standard InChI is InChI=1S/C21H34N2O4S2/c1-5-21(4,15-17-13-19(25)23-27-17)7-9-29-11-10-28-8-6-20(2,3)14-16-12-18(24)22-26-16/h12-13H,5-11,14-15H2,1-4H3,(H,22,24)(H,23,25). The molecule has 1 atom stereocenters. The number of hydrogen-bond donors (Lipinski definition) is 2. The zero-order chi connectivity index (χ0) is 21.3. The first-order valence-corrected chi connectivity index (χ1v) is 12.5. The van der Waals surface area contributed by atoms with Crippen LogP contribution >= 0.6 is 23.5 Å². The highest BCUT2D eigenvalue weighted by molar-refractivity contribution is 8.02. The Labute approximate surface area is 180 Å². The number of H-pyrrole nitrogens is 2. The maximum Gasteiger partial charge on any atom is 0.280 e. The lowest BCUT2D eigenvalue weighted by molar-refractivity contribution is 0.258. The third-order valence-corrected chi connectivity index (χ3v) is 7.63. The van der Waals surface area contributed by atoms with Crippen LogP contribution < -0.4 is 11.1 Å². The maximum atomic E-state index is 11.2. The lowest BCUT2D eigenvalue weighted by atomic mass is 9.80. The summed E-state index contributed by atoms with van der Waals surface area (Å²) in [7, 11) is 0. The summed E-state index contributed by atoms with van der Waals surface area (Å²) < 4.78 is 10.4. The molecule has 0 fully saturated rings. The van der Waals surface area contributed by atoms with Crippen LogP contribution in [0.25, 0.3) is 0 Å². The first-order chi connectivity index (χ1) is 13.7. The molecular weight excluding hydrogens is 408 g/mol. The summed E-state index contributed by atoms with van der Waals surface area (Å²) in [6.07, 6.45) is 4.84. The predicted molar refractivity (Wildman–Crippen MR) is 122 cm³/mol. The number of thioether (sulfide) groups is 2. The summed E-state index contributed by atoms with van der Waals surface area (Å²) in [5.41, 5.74) is -0.0473. The second kappa shape index (κ2) is 11.2. The van der Waals surface area contributed by atoms with Gasteiger partial charge in [-0.25, -0.2) is 0 Å². The van der Waals surface area contributed by atoms with E-state index in [1.54, 1.807) is 12.1 Å². The van der Waals surface area contributed by atoms with Crippen molar-refractivity contribution < 1.29 is 9.05 Å². The van der Waals surface area contributed by atoms with E-state index < -0.39 is 0 Å². The summed E-state index contributed by atoms with van der Waals surface area (Å²) in [5, 5.41) is 4.73. The Balaban J connectivity index is 1.56. The Morgan fingerprint density at radius 1 is 0.828 bits per heavy atom. The molecule has 29 heavy (non-hydrogen) atoms. The number of nitrogens with one attached hydrogen (secondary N) is 2. The first-order valence-electron chi connectivity index (χ1n) is 10.2. The highest BCUT2D eigenvalue weighted by Crippen LogP contribution is 2.32. The molecule has 0 amide bonds. The van der Waals surface area contributed by atoms with Crippen LogP contribution in [0.3, 0.4) is 0 Å². The van der Waals surface area contributed by atoms with Crippen LogP contribution in [0.1, 0.15) is 58.5 Å². The fraction of sp³-hybridized carbons (Fsp3) is 0.714. The Hall–Kier alpha value is -1.28. The molecule has 0 saturated heterocycles. The second-order valence-electron chi connectivity index (χ2n) is 8.76. The van der Waals surface area contributed by atoms with Crippen LogP contribution in [0.2, 0.25) is 0 Å². The van der Waals surface area contributed by atoms with Gasteiger partial charge in [-0.15, -0.1) is 0 Å². The van der Waals surface area contributed by atoms with Crippen molar-refractivity contribution in [1.29, 1.82) is 0 Å². The number of hydrogen-bond acceptors (Lipinski definition) is 6. The molecule has 6 nitrogen and oxygen atoms in total. The smallest absolute Gasteiger partial charge is 0.280 e. The molecule has 164 valence electrons. The summed E-state index contributed by atoms with van der Waals surface area (Å²) in [5.74, 6) is 6.02. The highest BCUT2D eigenvalue weighted by atomic mass is 32.2. The van der Waals surface area contributed by atoms with E-state index in [2.05, 4.69) is 38.0 Å². The van der Waals surface area contributed by atoms with Crippen molar-refractivity contribution in [1.82, 2.24) is 10.3 Å². The van der Waals surface area contributed by atoms with E-state index in [4.69, 9.17) is 9.05 Å². The molecule has 0 spiro atoms. The predicted octanol–water partition coefficient (Wildman–Crippen LogP) is 4.72. The second-order valence-corrected chi connectivity index (χ2v) is 11.2. The molecule has 2 aromatic rings. The third kappa shape index (κ3) is 8.95. The Morgan fingerprint density at radius 3 is 1.83 bits per heavy atom. The quantitative estimate of drug-likeness (QED) is 0.411. The molecule has 0 aliphatic rings. The van der Waals surface area contributed by atoms with Crippen molar-refractivity contribution in [3.8, 4) is 0 Å². The fourth-order valence-electron chi connectivity index (χ4n) is 3.18. The molecule has 0 aliphatic heterocycles. The minimum atomic E-state index is -0.168. The van der Waals surface area contributed by atoms with Crippen molar-refractivity contribution >= 4 is 23.5 Å². The molecule has 0 aromatic carbocycles. The number of aromatic nitrogens is 2. The van der Waals surface area contributed by atoms with Gasteiger partial charge in [-0.3, -0.25) is 9.59 Å². The van der Waals surface area contributed by atoms with Crippen molar-refractivity contribution in [3.05, 3.63) is 44.4 Å². The molecule has 2 rings (SSSR count). The monoisotopic (exact) mass is 442 g/mol. The van der Waals surface area contributed by atoms with Gasteiger partial charge in [-0.2, -0.15) is 33.8 Å². The average Bonchev–Trinajstić information content (AvgIpc) is 3.24. The van der Waals surface area contributed by atoms with Gasteiger partial charge in [-0.05, 0) is 35.2 Å². The third-order valence-electron chi connectivity index (χ3n) is 5.40. The highest BCUT2D eigenvalue weighted by Gasteiger charge is 2.24. The van der Waals surface area contributed by atoms with Crippen LogP contribution in [0.5, 0.6) is 0 Å². The van der Waals surface area contributed by atoms with E-state index in [0.717, 1.165) is 66.6 Å². The van der Waals surface area contributed by atoms with Gasteiger partial charge >= 0.3 is 0 Å². The summed E-state index contributed by atoms with van der Waals surface area (Å²) in [6, 6.07) is 3.10. The number of aromatic amines is 2. The average molecular weight is 443 g/mol. The van der Waals surface area contributed by atoms with Crippen molar-refractivity contribution in [2.24, 2.45) is 10.8 Å². The van der Waals surface area contributed by atoms with Gasteiger partial charge in [-0.1, -0.05) is 34.1 Å². The maximum absolute atomic E-state index is 11.2. The van der Waals surface area contributed by atoms with Crippen molar-refractivity contribution in [2.45, 2.75) is 59.8 Å². The zero-order valence-electron chi connectivity index (χ0n) is 18.0. The molecule has 2 N–H and O–H groups in total. The number of rotatable bonds is 14. The lowest BCUT2D eigenvalue weighted by Crippen LogP contribution is -2.19. The van der Waals surface area contributed by atoms with E-state index in [9.17, 15) is 9.59 Å². The van der Waals surface area contributed by atoms with E-state index in [0.29, 0.717) is 0 Å². The van der Waals surface area contributed by atoms with Gasteiger partial charge in [0.2, 0.25) is 0 Å². The molecule has 2 heterocycles. The fourth-order valence-corrected chi connectivity index (χ4v) is 5.86. The van der Waals surface area contributed by atoms with E-state index >= 15 is 0 Å². The largest absolute Gasteiger partial charge is 0.384 e. The van der Waals surface area contributed by atoms with Gasteiger partial charge < -0.3 is 9.05 Å². The topological polar surface area (TPSA) is 92.0 Å². The molecule has 2 aromatic heterocycles. The summed E-state index contributed by atoms with van der Waals surface area (Å²) in [6.45, 7) is 8.90. The Kier molecular flexibility index (Phi) is 9.27. The van der Waals surface area contributed by atoms with Crippen LogP contribution in [0, 0.1) is 10.8 Å². The van der Waals surface area contributed by atoms with Gasteiger partial charge in [0, 0.05) is 36.5 Å². The molecule has 0 radical (unpaired) electrons. The molecule has 1 unspecified atom stereocenters. The minimum absolute atomic E-state index is 0.119. The van der Waals surface area contributed by atoms with E-state index in [1.165, 1.54) is 0 Å². The van der Waals surface area contributed by atoms with Gasteiger partial charge in [0.05, 0.1) is 0 Å². The normalized spacial score (nSPS) is 14.2. The lowest BCUT2D eigenvalue weighted by Gasteiger charge is -2.26. The summed E-state index contributed by atoms with van der Waals surface area (Å²) >= 11 is 3.99. The minimum Gasteiger partial charge on any atom is -0.384 e. The Morgan fingerprint density at radius 2 is 1.34 bits per heavy atom. The zero-order valence-corrected chi connectivity index (χ0v) is 19.6. The van der Waals surface area contributed by atoms with Crippen molar-refractivity contribution in [2.75, 3.05) is 23.0 Å². The SMILES string of the molecule is CCC(C)(CCSCCSCCC(C)(C)Cc1cc(=O)[nH]o1)Cc1cc(=O)[nH]o1.